The van der Waals surface area contributed by atoms with E-state index in [9.17, 15) is 9.59 Å². The average Bonchev–Trinajstić information content (AvgIpc) is 2.25. The van der Waals surface area contributed by atoms with Gasteiger partial charge in [-0.1, -0.05) is 22.5 Å². The van der Waals surface area contributed by atoms with Crippen molar-refractivity contribution >= 4 is 27.8 Å². The van der Waals surface area contributed by atoms with E-state index in [4.69, 9.17) is 5.11 Å². The largest absolute Gasteiger partial charge is 0.478 e. The van der Waals surface area contributed by atoms with Crippen molar-refractivity contribution in [3.63, 3.8) is 0 Å². The van der Waals surface area contributed by atoms with Gasteiger partial charge < -0.3 is 10.4 Å². The van der Waals surface area contributed by atoms with Gasteiger partial charge in [0.2, 0.25) is 0 Å². The molecule has 5 nitrogen and oxygen atoms in total. The highest BCUT2D eigenvalue weighted by Crippen LogP contribution is 2.07. The van der Waals surface area contributed by atoms with Crippen molar-refractivity contribution in [3.8, 4) is 0 Å². The summed E-state index contributed by atoms with van der Waals surface area (Å²) in [6.45, 7) is 5.42. The van der Waals surface area contributed by atoms with Crippen molar-refractivity contribution in [1.82, 2.24) is 10.3 Å². The van der Waals surface area contributed by atoms with Crippen LogP contribution in [0.5, 0.6) is 0 Å². The van der Waals surface area contributed by atoms with Gasteiger partial charge in [-0.15, -0.1) is 0 Å². The monoisotopic (exact) mass is 298 g/mol. The van der Waals surface area contributed by atoms with Gasteiger partial charge in [-0.05, 0) is 19.1 Å². The molecule has 17 heavy (non-hydrogen) atoms. The molecule has 0 aromatic carbocycles. The minimum atomic E-state index is -1.06. The molecule has 1 aromatic heterocycles. The van der Waals surface area contributed by atoms with E-state index in [1.54, 1.807) is 6.92 Å². The van der Waals surface area contributed by atoms with Crippen LogP contribution in [0.2, 0.25) is 0 Å². The van der Waals surface area contributed by atoms with Crippen LogP contribution >= 0.6 is 15.9 Å². The highest BCUT2D eigenvalue weighted by Gasteiger charge is 2.12. The Morgan fingerprint density at radius 3 is 2.65 bits per heavy atom. The summed E-state index contributed by atoms with van der Waals surface area (Å²) in [6, 6.07) is 2.74. The molecule has 0 bridgehead atoms. The number of carboxylic acids is 1. The maximum absolute atomic E-state index is 11.6. The van der Waals surface area contributed by atoms with E-state index in [-0.39, 0.29) is 17.2 Å². The number of aromatic nitrogens is 1. The van der Waals surface area contributed by atoms with Crippen molar-refractivity contribution < 1.29 is 14.7 Å². The molecular weight excluding hydrogens is 288 g/mol. The van der Waals surface area contributed by atoms with E-state index in [0.717, 1.165) is 0 Å². The van der Waals surface area contributed by atoms with Gasteiger partial charge in [0.1, 0.15) is 5.69 Å². The normalized spacial score (nSPS) is 9.76. The molecule has 1 aromatic rings. The summed E-state index contributed by atoms with van der Waals surface area (Å²) in [4.78, 5) is 26.3. The molecular formula is C11H11BrN2O3. The zero-order valence-corrected chi connectivity index (χ0v) is 10.7. The van der Waals surface area contributed by atoms with Crippen molar-refractivity contribution in [2.75, 3.05) is 6.54 Å². The molecule has 1 heterocycles. The first kappa shape index (κ1) is 13.4. The number of hydrogen-bond acceptors (Lipinski definition) is 3. The molecule has 0 saturated carbocycles. The average molecular weight is 299 g/mol. The Morgan fingerprint density at radius 1 is 1.53 bits per heavy atom. The van der Waals surface area contributed by atoms with Gasteiger partial charge in [-0.2, -0.15) is 0 Å². The molecule has 0 aliphatic rings. The van der Waals surface area contributed by atoms with Gasteiger partial charge in [-0.25, -0.2) is 9.78 Å². The van der Waals surface area contributed by atoms with Crippen molar-refractivity contribution in [3.05, 3.63) is 40.1 Å². The fourth-order valence-electron chi connectivity index (χ4n) is 1.18. The summed E-state index contributed by atoms with van der Waals surface area (Å²) in [5, 5.41) is 11.4. The Morgan fingerprint density at radius 2 is 2.18 bits per heavy atom. The van der Waals surface area contributed by atoms with Gasteiger partial charge >= 0.3 is 5.97 Å². The lowest BCUT2D eigenvalue weighted by Crippen LogP contribution is -2.25. The summed E-state index contributed by atoms with van der Waals surface area (Å²) >= 11 is 3.11. The van der Waals surface area contributed by atoms with Gasteiger partial charge in [0.25, 0.3) is 5.91 Å². The number of nitrogens with zero attached hydrogens (tertiary/aromatic N) is 1. The molecule has 0 unspecified atom stereocenters. The number of nitrogens with one attached hydrogen (secondary N) is 1. The Kier molecular flexibility index (Phi) is 4.39. The second-order valence-corrected chi connectivity index (χ2v) is 4.46. The van der Waals surface area contributed by atoms with Crippen LogP contribution < -0.4 is 5.32 Å². The highest BCUT2D eigenvalue weighted by molar-refractivity contribution is 9.11. The van der Waals surface area contributed by atoms with E-state index in [0.29, 0.717) is 16.7 Å². The number of halogens is 1. The van der Waals surface area contributed by atoms with Crippen LogP contribution in [0.15, 0.2) is 23.2 Å². The third kappa shape index (κ3) is 3.67. The molecule has 90 valence electrons. The molecule has 2 N–H and O–H groups in total. The maximum Gasteiger partial charge on any atom is 0.337 e. The molecule has 6 heteroatoms. The molecule has 0 atom stereocenters. The van der Waals surface area contributed by atoms with Gasteiger partial charge in [0.05, 0.1) is 11.3 Å². The minimum absolute atomic E-state index is 0.0893. The number of hydrogen-bond donors (Lipinski definition) is 2. The number of carbonyl (C=O) groups is 2. The quantitative estimate of drug-likeness (QED) is 0.887. The molecule has 0 aliphatic heterocycles. The lowest BCUT2D eigenvalue weighted by Gasteiger charge is -2.05. The van der Waals surface area contributed by atoms with E-state index >= 15 is 0 Å². The topological polar surface area (TPSA) is 79.3 Å². The van der Waals surface area contributed by atoms with Crippen molar-refractivity contribution in [2.45, 2.75) is 6.92 Å². The fraction of sp³-hybridized carbons (Fsp3) is 0.182. The Labute approximate surface area is 107 Å². The first-order valence-electron chi connectivity index (χ1n) is 4.74. The SMILES string of the molecule is C=C(Br)CNC(=O)c1ccc(C(=O)O)c(C)n1. The van der Waals surface area contributed by atoms with E-state index in [1.165, 1.54) is 12.1 Å². The summed E-state index contributed by atoms with van der Waals surface area (Å²) in [5.74, 6) is -1.43. The maximum atomic E-state index is 11.6. The van der Waals surface area contributed by atoms with Crippen LogP contribution in [0.1, 0.15) is 26.5 Å². The second kappa shape index (κ2) is 5.58. The molecule has 0 spiro atoms. The number of aromatic carboxylic acids is 1. The highest BCUT2D eigenvalue weighted by atomic mass is 79.9. The van der Waals surface area contributed by atoms with Crippen molar-refractivity contribution in [2.24, 2.45) is 0 Å². The molecule has 0 radical (unpaired) electrons. The van der Waals surface area contributed by atoms with Gasteiger partial charge in [0, 0.05) is 11.0 Å². The van der Waals surface area contributed by atoms with Crippen LogP contribution in [-0.4, -0.2) is 28.5 Å². The smallest absolute Gasteiger partial charge is 0.337 e. The Hall–Kier alpha value is -1.69. The summed E-state index contributed by atoms with van der Waals surface area (Å²) in [6.07, 6.45) is 0. The molecule has 1 amide bonds. The van der Waals surface area contributed by atoms with E-state index < -0.39 is 5.97 Å². The standard InChI is InChI=1S/C11H11BrN2O3/c1-6(12)5-13-10(15)9-4-3-8(11(16)17)7(2)14-9/h3-4H,1,5H2,2H3,(H,13,15)(H,16,17). The van der Waals surface area contributed by atoms with E-state index in [1.807, 2.05) is 0 Å². The zero-order valence-electron chi connectivity index (χ0n) is 9.16. The first-order chi connectivity index (χ1) is 7.91. The predicted molar refractivity (Wildman–Crippen MR) is 66.3 cm³/mol. The van der Waals surface area contributed by atoms with Crippen LogP contribution in [0, 0.1) is 6.92 Å². The van der Waals surface area contributed by atoms with Crippen LogP contribution in [0.3, 0.4) is 0 Å². The Balaban J connectivity index is 2.86. The number of carbonyl (C=O) groups excluding carboxylic acids is 1. The van der Waals surface area contributed by atoms with Crippen LogP contribution in [0.25, 0.3) is 0 Å². The fourth-order valence-corrected chi connectivity index (χ4v) is 1.32. The molecule has 0 saturated heterocycles. The second-order valence-electron chi connectivity index (χ2n) is 3.33. The summed E-state index contributed by atoms with van der Waals surface area (Å²) < 4.78 is 0.643. The number of carboxylic acid groups (broad SMARTS) is 1. The minimum Gasteiger partial charge on any atom is -0.478 e. The number of pyridine rings is 1. The van der Waals surface area contributed by atoms with Crippen molar-refractivity contribution in [1.29, 1.82) is 0 Å². The van der Waals surface area contributed by atoms with Gasteiger partial charge in [0.15, 0.2) is 0 Å². The third-order valence-electron chi connectivity index (χ3n) is 1.99. The van der Waals surface area contributed by atoms with E-state index in [2.05, 4.69) is 32.8 Å². The van der Waals surface area contributed by atoms with Crippen LogP contribution in [0.4, 0.5) is 0 Å². The number of rotatable bonds is 4. The number of aryl methyl sites for hydroxylation is 1. The predicted octanol–water partition coefficient (Wildman–Crippen LogP) is 1.73. The summed E-state index contributed by atoms with van der Waals surface area (Å²) in [7, 11) is 0. The summed E-state index contributed by atoms with van der Waals surface area (Å²) in [5.41, 5.74) is 0.579. The lowest BCUT2D eigenvalue weighted by atomic mass is 10.2. The molecule has 0 aliphatic carbocycles. The molecule has 1 rings (SSSR count). The first-order valence-corrected chi connectivity index (χ1v) is 5.53. The lowest BCUT2D eigenvalue weighted by molar-refractivity contribution is 0.0694. The zero-order chi connectivity index (χ0) is 13.0. The van der Waals surface area contributed by atoms with Crippen LogP contribution in [-0.2, 0) is 0 Å². The Bertz CT molecular complexity index is 486. The molecule has 0 fully saturated rings. The van der Waals surface area contributed by atoms with Gasteiger partial charge in [-0.3, -0.25) is 4.79 Å². The number of amides is 1. The third-order valence-corrected chi connectivity index (χ3v) is 2.27.